The number of fused-ring (bicyclic) bond motifs is 10. The molecule has 116 valence electrons. The average Bonchev–Trinajstić information content (AvgIpc) is 3.07. The quantitative estimate of drug-likeness (QED) is 0.316. The molecule has 2 nitrogen and oxygen atoms in total. The number of pyridine rings is 2. The van der Waals surface area contributed by atoms with Crippen LogP contribution >= 0.6 is 0 Å². The molecule has 3 heterocycles. The molecular weight excluding hydrogens is 304 g/mol. The molecule has 0 aliphatic rings. The SMILES string of the molecule is c1ccc2c(c1)ccc1c3cccnc3n3cc4ccccc4c3c21. The van der Waals surface area contributed by atoms with Gasteiger partial charge in [-0.05, 0) is 28.3 Å². The van der Waals surface area contributed by atoms with Crippen LogP contribution in [-0.2, 0) is 0 Å². The highest BCUT2D eigenvalue weighted by molar-refractivity contribution is 6.26. The van der Waals surface area contributed by atoms with Crippen LogP contribution in [0.1, 0.15) is 0 Å². The number of nitrogens with zero attached hydrogens (tertiary/aromatic N) is 2. The van der Waals surface area contributed by atoms with Gasteiger partial charge in [0.1, 0.15) is 5.65 Å². The van der Waals surface area contributed by atoms with Gasteiger partial charge < -0.3 is 0 Å². The van der Waals surface area contributed by atoms with Crippen LogP contribution in [0.3, 0.4) is 0 Å². The van der Waals surface area contributed by atoms with Crippen molar-refractivity contribution in [2.24, 2.45) is 0 Å². The first-order valence-corrected chi connectivity index (χ1v) is 8.50. The second-order valence-corrected chi connectivity index (χ2v) is 6.52. The molecule has 25 heavy (non-hydrogen) atoms. The van der Waals surface area contributed by atoms with E-state index in [0.29, 0.717) is 0 Å². The molecule has 0 saturated heterocycles. The molecule has 0 saturated carbocycles. The van der Waals surface area contributed by atoms with Crippen molar-refractivity contribution in [3.63, 3.8) is 0 Å². The summed E-state index contributed by atoms with van der Waals surface area (Å²) < 4.78 is 2.26. The van der Waals surface area contributed by atoms with Crippen LogP contribution in [0.5, 0.6) is 0 Å². The van der Waals surface area contributed by atoms with Crippen molar-refractivity contribution in [1.82, 2.24) is 9.38 Å². The van der Waals surface area contributed by atoms with Gasteiger partial charge in [-0.15, -0.1) is 0 Å². The average molecular weight is 318 g/mol. The van der Waals surface area contributed by atoms with Gasteiger partial charge in [0.15, 0.2) is 0 Å². The molecular formula is C23H14N2. The van der Waals surface area contributed by atoms with E-state index < -0.39 is 0 Å². The van der Waals surface area contributed by atoms with Crippen molar-refractivity contribution in [3.05, 3.63) is 85.2 Å². The van der Waals surface area contributed by atoms with Gasteiger partial charge >= 0.3 is 0 Å². The monoisotopic (exact) mass is 318 g/mol. The van der Waals surface area contributed by atoms with Crippen molar-refractivity contribution >= 4 is 48.9 Å². The summed E-state index contributed by atoms with van der Waals surface area (Å²) in [7, 11) is 0. The fourth-order valence-electron chi connectivity index (χ4n) is 4.13. The molecule has 2 heteroatoms. The summed E-state index contributed by atoms with van der Waals surface area (Å²) in [5, 5.41) is 8.84. The normalized spacial score (nSPS) is 12.0. The predicted octanol–water partition coefficient (Wildman–Crippen LogP) is 5.95. The van der Waals surface area contributed by atoms with Gasteiger partial charge in [-0.25, -0.2) is 4.98 Å². The fraction of sp³-hybridized carbons (Fsp3) is 0. The summed E-state index contributed by atoms with van der Waals surface area (Å²) in [6.07, 6.45) is 4.08. The van der Waals surface area contributed by atoms with Gasteiger partial charge in [-0.3, -0.25) is 4.40 Å². The Morgan fingerprint density at radius 2 is 1.36 bits per heavy atom. The highest BCUT2D eigenvalue weighted by Gasteiger charge is 2.14. The minimum atomic E-state index is 1.01. The molecule has 0 amide bonds. The summed E-state index contributed by atoms with van der Waals surface area (Å²) in [6, 6.07) is 25.9. The first-order chi connectivity index (χ1) is 12.4. The Bertz CT molecular complexity index is 1440. The molecule has 3 aromatic heterocycles. The van der Waals surface area contributed by atoms with Crippen LogP contribution in [0.2, 0.25) is 0 Å². The first-order valence-electron chi connectivity index (χ1n) is 8.50. The zero-order valence-electron chi connectivity index (χ0n) is 13.5. The molecule has 0 N–H and O–H groups in total. The van der Waals surface area contributed by atoms with Crippen LogP contribution < -0.4 is 0 Å². The van der Waals surface area contributed by atoms with Crippen molar-refractivity contribution in [2.45, 2.75) is 0 Å². The smallest absolute Gasteiger partial charge is 0.145 e. The van der Waals surface area contributed by atoms with Crippen LogP contribution in [0.15, 0.2) is 85.2 Å². The van der Waals surface area contributed by atoms with Gasteiger partial charge in [0.25, 0.3) is 0 Å². The van der Waals surface area contributed by atoms with E-state index in [-0.39, 0.29) is 0 Å². The van der Waals surface area contributed by atoms with E-state index in [9.17, 15) is 0 Å². The van der Waals surface area contributed by atoms with Crippen molar-refractivity contribution in [2.75, 3.05) is 0 Å². The summed E-state index contributed by atoms with van der Waals surface area (Å²) >= 11 is 0. The third-order valence-electron chi connectivity index (χ3n) is 5.20. The second-order valence-electron chi connectivity index (χ2n) is 6.52. The Morgan fingerprint density at radius 3 is 2.28 bits per heavy atom. The Morgan fingerprint density at radius 1 is 0.600 bits per heavy atom. The Labute approximate surface area is 143 Å². The first kappa shape index (κ1) is 13.0. The molecule has 3 aromatic carbocycles. The lowest BCUT2D eigenvalue weighted by Crippen LogP contribution is -1.92. The van der Waals surface area contributed by atoms with E-state index in [2.05, 4.69) is 77.3 Å². The molecule has 0 aliphatic carbocycles. The Kier molecular flexibility index (Phi) is 2.37. The third kappa shape index (κ3) is 1.61. The molecule has 6 rings (SSSR count). The summed E-state index contributed by atoms with van der Waals surface area (Å²) in [5.74, 6) is 0. The molecule has 0 fully saturated rings. The maximum Gasteiger partial charge on any atom is 0.145 e. The van der Waals surface area contributed by atoms with Gasteiger partial charge in [0.05, 0.1) is 5.52 Å². The van der Waals surface area contributed by atoms with Crippen molar-refractivity contribution in [1.29, 1.82) is 0 Å². The Hall–Kier alpha value is -3.39. The summed E-state index contributed by atoms with van der Waals surface area (Å²) in [4.78, 5) is 4.70. The van der Waals surface area contributed by atoms with E-state index in [0.717, 1.165) is 5.65 Å². The second kappa shape index (κ2) is 4.58. The maximum absolute atomic E-state index is 4.70. The van der Waals surface area contributed by atoms with Gasteiger partial charge in [-0.2, -0.15) is 0 Å². The van der Waals surface area contributed by atoms with Crippen molar-refractivity contribution in [3.8, 4) is 0 Å². The van der Waals surface area contributed by atoms with Crippen LogP contribution in [-0.4, -0.2) is 9.38 Å². The number of aromatic nitrogens is 2. The van der Waals surface area contributed by atoms with E-state index >= 15 is 0 Å². The molecule has 0 radical (unpaired) electrons. The molecule has 6 aromatic rings. The number of rotatable bonds is 0. The van der Waals surface area contributed by atoms with Crippen LogP contribution in [0.4, 0.5) is 0 Å². The summed E-state index contributed by atoms with van der Waals surface area (Å²) in [5.41, 5.74) is 2.25. The largest absolute Gasteiger partial charge is 0.299 e. The molecule has 0 unspecified atom stereocenters. The lowest BCUT2D eigenvalue weighted by Gasteiger charge is -2.11. The fourth-order valence-corrected chi connectivity index (χ4v) is 4.13. The molecule has 0 aliphatic heterocycles. The maximum atomic E-state index is 4.70. The summed E-state index contributed by atoms with van der Waals surface area (Å²) in [6.45, 7) is 0. The van der Waals surface area contributed by atoms with E-state index in [1.165, 1.54) is 43.2 Å². The minimum Gasteiger partial charge on any atom is -0.299 e. The zero-order valence-corrected chi connectivity index (χ0v) is 13.5. The van der Waals surface area contributed by atoms with Gasteiger partial charge in [-0.1, -0.05) is 60.7 Å². The molecule has 0 bridgehead atoms. The van der Waals surface area contributed by atoms with Crippen molar-refractivity contribution < 1.29 is 0 Å². The number of benzene rings is 3. The lowest BCUT2D eigenvalue weighted by molar-refractivity contribution is 1.22. The highest BCUT2D eigenvalue weighted by atomic mass is 15.0. The third-order valence-corrected chi connectivity index (χ3v) is 5.20. The lowest BCUT2D eigenvalue weighted by atomic mass is 9.98. The van der Waals surface area contributed by atoms with Gasteiger partial charge in [0, 0.05) is 33.9 Å². The highest BCUT2D eigenvalue weighted by Crippen LogP contribution is 2.37. The molecule has 0 atom stereocenters. The van der Waals surface area contributed by atoms with E-state index in [1.807, 2.05) is 12.3 Å². The van der Waals surface area contributed by atoms with E-state index in [1.54, 1.807) is 0 Å². The van der Waals surface area contributed by atoms with Gasteiger partial charge in [0.2, 0.25) is 0 Å². The zero-order chi connectivity index (χ0) is 16.4. The van der Waals surface area contributed by atoms with Crippen LogP contribution in [0.25, 0.3) is 48.9 Å². The minimum absolute atomic E-state index is 1.01. The van der Waals surface area contributed by atoms with Crippen LogP contribution in [0, 0.1) is 0 Å². The number of hydrogen-bond donors (Lipinski definition) is 0. The topological polar surface area (TPSA) is 17.3 Å². The van der Waals surface area contributed by atoms with E-state index in [4.69, 9.17) is 4.98 Å². The molecule has 0 spiro atoms. The number of hydrogen-bond acceptors (Lipinski definition) is 1. The standard InChI is InChI=1S/C23H14N2/c1-3-8-17-15(6-1)11-12-19-20-10-5-13-24-23(20)25-14-16-7-2-4-9-18(16)22(25)21(17)19/h1-14H. The Balaban J connectivity index is 2.09. The predicted molar refractivity (Wildman–Crippen MR) is 105 cm³/mol.